The zero-order valence-corrected chi connectivity index (χ0v) is 11.1. The van der Waals surface area contributed by atoms with E-state index in [0.29, 0.717) is 19.2 Å². The fourth-order valence-electron chi connectivity index (χ4n) is 2.31. The van der Waals surface area contributed by atoms with Crippen molar-refractivity contribution < 1.29 is 14.6 Å². The maximum Gasteiger partial charge on any atom is 0.409 e. The Kier molecular flexibility index (Phi) is 5.71. The lowest BCUT2D eigenvalue weighted by Crippen LogP contribution is -2.48. The molecule has 0 spiro atoms. The van der Waals surface area contributed by atoms with E-state index in [1.807, 2.05) is 0 Å². The molecule has 1 saturated heterocycles. The lowest BCUT2D eigenvalue weighted by molar-refractivity contribution is 0.0298. The van der Waals surface area contributed by atoms with Crippen molar-refractivity contribution in [2.75, 3.05) is 33.9 Å². The van der Waals surface area contributed by atoms with Crippen molar-refractivity contribution in [2.24, 2.45) is 0 Å². The minimum Gasteiger partial charge on any atom is -0.448 e. The minimum absolute atomic E-state index is 0.186. The Labute approximate surface area is 103 Å². The Morgan fingerprint density at radius 3 is 2.76 bits per heavy atom. The van der Waals surface area contributed by atoms with E-state index in [0.717, 1.165) is 12.8 Å². The van der Waals surface area contributed by atoms with Crippen LogP contribution in [-0.4, -0.2) is 66.9 Å². The third-order valence-corrected chi connectivity index (χ3v) is 3.35. The van der Waals surface area contributed by atoms with Gasteiger partial charge in [-0.3, -0.25) is 4.90 Å². The first-order valence-electron chi connectivity index (χ1n) is 6.27. The Hall–Kier alpha value is -0.810. The zero-order valence-electron chi connectivity index (χ0n) is 11.1. The molecule has 0 unspecified atom stereocenters. The molecule has 1 N–H and O–H groups in total. The maximum atomic E-state index is 11.3. The van der Waals surface area contributed by atoms with Crippen LogP contribution in [0.4, 0.5) is 4.79 Å². The molecule has 5 nitrogen and oxygen atoms in total. The fourth-order valence-corrected chi connectivity index (χ4v) is 2.31. The first kappa shape index (κ1) is 14.3. The molecule has 0 aromatic carbocycles. The van der Waals surface area contributed by atoms with Gasteiger partial charge in [-0.15, -0.1) is 0 Å². The molecular weight excluding hydrogens is 220 g/mol. The molecule has 0 aromatic heterocycles. The SMILES string of the molecule is C[C@@H]1CCC[C@H](CO)N1CCOC(=O)N(C)C. The largest absolute Gasteiger partial charge is 0.448 e. The lowest BCUT2D eigenvalue weighted by Gasteiger charge is -2.39. The number of hydrogen-bond donors (Lipinski definition) is 1. The van der Waals surface area contributed by atoms with Crippen LogP contribution in [0.3, 0.4) is 0 Å². The number of likely N-dealkylation sites (tertiary alicyclic amines) is 1. The molecular formula is C12H24N2O3. The van der Waals surface area contributed by atoms with E-state index in [1.165, 1.54) is 11.3 Å². The highest BCUT2D eigenvalue weighted by Crippen LogP contribution is 2.21. The highest BCUT2D eigenvalue weighted by atomic mass is 16.6. The van der Waals surface area contributed by atoms with Gasteiger partial charge in [-0.2, -0.15) is 0 Å². The van der Waals surface area contributed by atoms with Crippen LogP contribution in [0.1, 0.15) is 26.2 Å². The van der Waals surface area contributed by atoms with Gasteiger partial charge >= 0.3 is 6.09 Å². The molecule has 1 heterocycles. The van der Waals surface area contributed by atoms with Gasteiger partial charge in [0.05, 0.1) is 6.61 Å². The van der Waals surface area contributed by atoms with Crippen molar-refractivity contribution in [3.05, 3.63) is 0 Å². The summed E-state index contributed by atoms with van der Waals surface area (Å²) in [5, 5.41) is 9.32. The molecule has 1 rings (SSSR count). The Balaban J connectivity index is 2.35. The summed E-state index contributed by atoms with van der Waals surface area (Å²) in [7, 11) is 3.34. The van der Waals surface area contributed by atoms with E-state index in [9.17, 15) is 9.90 Å². The second-order valence-corrected chi connectivity index (χ2v) is 4.86. The van der Waals surface area contributed by atoms with E-state index >= 15 is 0 Å². The first-order valence-corrected chi connectivity index (χ1v) is 6.27. The Morgan fingerprint density at radius 1 is 1.47 bits per heavy atom. The number of amides is 1. The zero-order chi connectivity index (χ0) is 12.8. The van der Waals surface area contributed by atoms with Crippen LogP contribution >= 0.6 is 0 Å². The molecule has 100 valence electrons. The molecule has 1 amide bonds. The van der Waals surface area contributed by atoms with Crippen LogP contribution in [0.15, 0.2) is 0 Å². The third kappa shape index (κ3) is 4.16. The van der Waals surface area contributed by atoms with Gasteiger partial charge < -0.3 is 14.7 Å². The van der Waals surface area contributed by atoms with Crippen molar-refractivity contribution >= 4 is 6.09 Å². The molecule has 0 radical (unpaired) electrons. The first-order chi connectivity index (χ1) is 8.06. The highest BCUT2D eigenvalue weighted by Gasteiger charge is 2.27. The van der Waals surface area contributed by atoms with Crippen molar-refractivity contribution in [3.8, 4) is 0 Å². The van der Waals surface area contributed by atoms with Crippen LogP contribution in [-0.2, 0) is 4.74 Å². The minimum atomic E-state index is -0.310. The molecule has 17 heavy (non-hydrogen) atoms. The molecule has 0 bridgehead atoms. The van der Waals surface area contributed by atoms with Crippen LogP contribution in [0.2, 0.25) is 0 Å². The molecule has 1 aliphatic heterocycles. The van der Waals surface area contributed by atoms with Crippen LogP contribution in [0, 0.1) is 0 Å². The normalized spacial score (nSPS) is 25.6. The summed E-state index contributed by atoms with van der Waals surface area (Å²) >= 11 is 0. The predicted octanol–water partition coefficient (Wildman–Crippen LogP) is 0.920. The van der Waals surface area contributed by atoms with Crippen LogP contribution in [0.5, 0.6) is 0 Å². The van der Waals surface area contributed by atoms with E-state index < -0.39 is 0 Å². The number of rotatable bonds is 4. The number of aliphatic hydroxyl groups is 1. The lowest BCUT2D eigenvalue weighted by atomic mass is 9.97. The van der Waals surface area contributed by atoms with Gasteiger partial charge in [0.1, 0.15) is 6.61 Å². The predicted molar refractivity (Wildman–Crippen MR) is 65.9 cm³/mol. The van der Waals surface area contributed by atoms with Gasteiger partial charge in [-0.05, 0) is 19.8 Å². The number of piperidine rings is 1. The van der Waals surface area contributed by atoms with Crippen LogP contribution < -0.4 is 0 Å². The van der Waals surface area contributed by atoms with Crippen molar-refractivity contribution in [3.63, 3.8) is 0 Å². The monoisotopic (exact) mass is 244 g/mol. The number of nitrogens with zero attached hydrogens (tertiary/aromatic N) is 2. The van der Waals surface area contributed by atoms with E-state index in [1.54, 1.807) is 14.1 Å². The van der Waals surface area contributed by atoms with Crippen molar-refractivity contribution in [2.45, 2.75) is 38.3 Å². The second kappa shape index (κ2) is 6.81. The number of aliphatic hydroxyl groups excluding tert-OH is 1. The molecule has 0 aliphatic carbocycles. The third-order valence-electron chi connectivity index (χ3n) is 3.35. The van der Waals surface area contributed by atoms with Gasteiger partial charge in [0.2, 0.25) is 0 Å². The number of carbonyl (C=O) groups is 1. The summed E-state index contributed by atoms with van der Waals surface area (Å²) in [6, 6.07) is 0.677. The van der Waals surface area contributed by atoms with E-state index in [4.69, 9.17) is 4.74 Å². The molecule has 1 fully saturated rings. The average Bonchev–Trinajstić information content (AvgIpc) is 2.30. The second-order valence-electron chi connectivity index (χ2n) is 4.86. The quantitative estimate of drug-likeness (QED) is 0.799. The van der Waals surface area contributed by atoms with Gasteiger partial charge in [-0.25, -0.2) is 4.79 Å². The maximum absolute atomic E-state index is 11.3. The Bertz CT molecular complexity index is 246. The number of hydrogen-bond acceptors (Lipinski definition) is 4. The summed E-state index contributed by atoms with van der Waals surface area (Å²) in [6.45, 7) is 3.44. The van der Waals surface area contributed by atoms with Crippen LogP contribution in [0.25, 0.3) is 0 Å². The van der Waals surface area contributed by atoms with Crippen molar-refractivity contribution in [1.29, 1.82) is 0 Å². The molecule has 2 atom stereocenters. The summed E-state index contributed by atoms with van der Waals surface area (Å²) < 4.78 is 5.11. The smallest absolute Gasteiger partial charge is 0.409 e. The number of carbonyl (C=O) groups excluding carboxylic acids is 1. The molecule has 0 aromatic rings. The van der Waals surface area contributed by atoms with E-state index in [2.05, 4.69) is 11.8 Å². The van der Waals surface area contributed by atoms with E-state index in [-0.39, 0.29) is 18.7 Å². The number of ether oxygens (including phenoxy) is 1. The van der Waals surface area contributed by atoms with Gasteiger partial charge in [0.25, 0.3) is 0 Å². The summed E-state index contributed by atoms with van der Waals surface area (Å²) in [6.07, 6.45) is 3.04. The van der Waals surface area contributed by atoms with Crippen molar-refractivity contribution in [1.82, 2.24) is 9.80 Å². The average molecular weight is 244 g/mol. The standard InChI is InChI=1S/C12H24N2O3/c1-10-5-4-6-11(9-15)14(10)7-8-17-12(16)13(2)3/h10-11,15H,4-9H2,1-3H3/t10-,11-/m1/s1. The molecule has 1 aliphatic rings. The topological polar surface area (TPSA) is 53.0 Å². The van der Waals surface area contributed by atoms with Gasteiger partial charge in [0.15, 0.2) is 0 Å². The summed E-state index contributed by atoms with van der Waals surface area (Å²) in [5.41, 5.74) is 0. The summed E-state index contributed by atoms with van der Waals surface area (Å²) in [4.78, 5) is 14.9. The van der Waals surface area contributed by atoms with Gasteiger partial charge in [0, 0.05) is 32.7 Å². The Morgan fingerprint density at radius 2 is 2.18 bits per heavy atom. The summed E-state index contributed by atoms with van der Waals surface area (Å²) in [5.74, 6) is 0. The van der Waals surface area contributed by atoms with Gasteiger partial charge in [-0.1, -0.05) is 6.42 Å². The molecule has 0 saturated carbocycles. The fraction of sp³-hybridized carbons (Fsp3) is 0.917. The highest BCUT2D eigenvalue weighted by molar-refractivity contribution is 5.66. The molecule has 5 heteroatoms.